The van der Waals surface area contributed by atoms with Crippen molar-refractivity contribution in [3.05, 3.63) is 0 Å². The predicted octanol–water partition coefficient (Wildman–Crippen LogP) is 3.57. The Morgan fingerprint density at radius 1 is 1.16 bits per heavy atom. The van der Waals surface area contributed by atoms with Crippen LogP contribution in [0.2, 0.25) is 0 Å². The van der Waals surface area contributed by atoms with E-state index in [1.807, 2.05) is 0 Å². The molecule has 6 atom stereocenters. The lowest BCUT2D eigenvalue weighted by Gasteiger charge is -2.55. The van der Waals surface area contributed by atoms with Crippen LogP contribution < -0.4 is 0 Å². The third kappa shape index (κ3) is 1.68. The minimum atomic E-state index is -0.107. The smallest absolute Gasteiger partial charge is 0.139 e. The molecule has 0 saturated heterocycles. The second-order valence-electron chi connectivity index (χ2n) is 7.75. The zero-order valence-corrected chi connectivity index (χ0v) is 12.6. The lowest BCUT2D eigenvalue weighted by Crippen LogP contribution is -2.52. The summed E-state index contributed by atoms with van der Waals surface area (Å²) in [7, 11) is 0. The zero-order valence-electron chi connectivity index (χ0n) is 12.6. The van der Waals surface area contributed by atoms with Crippen molar-refractivity contribution >= 4 is 5.78 Å². The van der Waals surface area contributed by atoms with Crippen molar-refractivity contribution in [2.24, 2.45) is 28.6 Å². The van der Waals surface area contributed by atoms with E-state index >= 15 is 0 Å². The number of Topliss-reactive ketones (excluding diaryl/α,β-unsaturated/α-hetero) is 1. The van der Waals surface area contributed by atoms with Gasteiger partial charge in [0.15, 0.2) is 0 Å². The van der Waals surface area contributed by atoms with Gasteiger partial charge in [-0.25, -0.2) is 0 Å². The third-order valence-electron chi connectivity index (χ3n) is 7.28. The van der Waals surface area contributed by atoms with Gasteiger partial charge in [-0.1, -0.05) is 20.8 Å². The van der Waals surface area contributed by atoms with Crippen LogP contribution in [0.15, 0.2) is 0 Å². The van der Waals surface area contributed by atoms with Gasteiger partial charge in [-0.2, -0.15) is 0 Å². The monoisotopic (exact) mass is 264 g/mol. The number of aliphatic hydroxyl groups excluding tert-OH is 1. The summed E-state index contributed by atoms with van der Waals surface area (Å²) in [5, 5.41) is 10.3. The number of hydrogen-bond donors (Lipinski definition) is 1. The van der Waals surface area contributed by atoms with Crippen molar-refractivity contribution in [1.29, 1.82) is 0 Å². The Balaban J connectivity index is 1.93. The summed E-state index contributed by atoms with van der Waals surface area (Å²) in [6, 6.07) is 0. The highest BCUT2D eigenvalue weighted by Crippen LogP contribution is 2.62. The van der Waals surface area contributed by atoms with Crippen molar-refractivity contribution in [2.75, 3.05) is 0 Å². The van der Waals surface area contributed by atoms with Gasteiger partial charge in [0.25, 0.3) is 0 Å². The second-order valence-corrected chi connectivity index (χ2v) is 7.75. The molecule has 3 aliphatic carbocycles. The number of ketones is 1. The summed E-state index contributed by atoms with van der Waals surface area (Å²) in [4.78, 5) is 12.4. The van der Waals surface area contributed by atoms with E-state index in [0.717, 1.165) is 38.5 Å². The number of fused-ring (bicyclic) bond motifs is 3. The van der Waals surface area contributed by atoms with E-state index in [2.05, 4.69) is 20.8 Å². The van der Waals surface area contributed by atoms with Crippen LogP contribution in [-0.4, -0.2) is 17.0 Å². The molecule has 0 bridgehead atoms. The van der Waals surface area contributed by atoms with Gasteiger partial charge in [-0.3, -0.25) is 4.79 Å². The quantitative estimate of drug-likeness (QED) is 0.786. The van der Waals surface area contributed by atoms with Gasteiger partial charge in [0, 0.05) is 11.8 Å². The summed E-state index contributed by atoms with van der Waals surface area (Å²) < 4.78 is 0. The van der Waals surface area contributed by atoms with Crippen molar-refractivity contribution < 1.29 is 9.90 Å². The van der Waals surface area contributed by atoms with Crippen LogP contribution in [0.3, 0.4) is 0 Å². The highest BCUT2D eigenvalue weighted by Gasteiger charge is 2.58. The van der Waals surface area contributed by atoms with E-state index in [-0.39, 0.29) is 16.9 Å². The SMILES string of the molecule is CC[C@@]1(C)C(=O)CCC2C3CCC(O)C3(C)CCC21. The molecule has 0 aromatic carbocycles. The van der Waals surface area contributed by atoms with Gasteiger partial charge in [-0.05, 0) is 61.7 Å². The molecule has 3 fully saturated rings. The number of aliphatic hydroxyl groups is 1. The Labute approximate surface area is 117 Å². The first kappa shape index (κ1) is 13.6. The Kier molecular flexibility index (Phi) is 3.09. The second kappa shape index (κ2) is 4.31. The molecule has 0 spiro atoms. The molecule has 108 valence electrons. The number of carbonyl (C=O) groups excluding carboxylic acids is 1. The Bertz CT molecular complexity index is 391. The van der Waals surface area contributed by atoms with E-state index in [4.69, 9.17) is 0 Å². The third-order valence-corrected chi connectivity index (χ3v) is 7.28. The van der Waals surface area contributed by atoms with Gasteiger partial charge in [0.2, 0.25) is 0 Å². The molecule has 0 amide bonds. The molecule has 0 heterocycles. The highest BCUT2D eigenvalue weighted by atomic mass is 16.3. The average molecular weight is 264 g/mol. The summed E-state index contributed by atoms with van der Waals surface area (Å²) in [5.41, 5.74) is 0.0496. The van der Waals surface area contributed by atoms with E-state index in [1.54, 1.807) is 0 Å². The molecule has 1 N–H and O–H groups in total. The largest absolute Gasteiger partial charge is 0.393 e. The number of hydrogen-bond acceptors (Lipinski definition) is 2. The highest BCUT2D eigenvalue weighted by molar-refractivity contribution is 5.85. The first-order chi connectivity index (χ1) is 8.93. The molecule has 19 heavy (non-hydrogen) atoms. The molecule has 5 unspecified atom stereocenters. The minimum absolute atomic E-state index is 0.0855. The Hall–Kier alpha value is -0.370. The summed E-state index contributed by atoms with van der Waals surface area (Å²) in [5.74, 6) is 2.40. The maximum absolute atomic E-state index is 12.4. The molecule has 3 rings (SSSR count). The fourth-order valence-electron chi connectivity index (χ4n) is 5.70. The maximum atomic E-state index is 12.4. The van der Waals surface area contributed by atoms with Crippen LogP contribution in [0.5, 0.6) is 0 Å². The molecule has 3 aliphatic rings. The minimum Gasteiger partial charge on any atom is -0.393 e. The fourth-order valence-corrected chi connectivity index (χ4v) is 5.70. The molecule has 3 saturated carbocycles. The van der Waals surface area contributed by atoms with Crippen LogP contribution in [0.25, 0.3) is 0 Å². The van der Waals surface area contributed by atoms with Gasteiger partial charge in [0.1, 0.15) is 5.78 Å². The maximum Gasteiger partial charge on any atom is 0.139 e. The van der Waals surface area contributed by atoms with Crippen molar-refractivity contribution in [3.8, 4) is 0 Å². The normalized spacial score (nSPS) is 53.8. The standard InChI is InChI=1S/C17H28O2/c1-4-16(2)13-9-10-17(3)12(6-8-15(17)19)11(13)5-7-14(16)18/h11-13,15,19H,4-10H2,1-3H3/t11?,12?,13?,15?,16-,17?/m1/s1. The first-order valence-electron chi connectivity index (χ1n) is 8.15. The van der Waals surface area contributed by atoms with Crippen molar-refractivity contribution in [1.82, 2.24) is 0 Å². The van der Waals surface area contributed by atoms with E-state index in [1.165, 1.54) is 6.42 Å². The molecular weight excluding hydrogens is 236 g/mol. The molecule has 0 aliphatic heterocycles. The zero-order chi connectivity index (χ0) is 13.8. The van der Waals surface area contributed by atoms with Gasteiger partial charge >= 0.3 is 0 Å². The van der Waals surface area contributed by atoms with Crippen LogP contribution in [-0.2, 0) is 4.79 Å². The Morgan fingerprint density at radius 2 is 1.89 bits per heavy atom. The average Bonchev–Trinajstić information content (AvgIpc) is 2.70. The lowest BCUT2D eigenvalue weighted by atomic mass is 9.49. The topological polar surface area (TPSA) is 37.3 Å². The molecule has 0 radical (unpaired) electrons. The van der Waals surface area contributed by atoms with E-state index < -0.39 is 0 Å². The molecule has 2 nitrogen and oxygen atoms in total. The molecule has 2 heteroatoms. The van der Waals surface area contributed by atoms with E-state index in [9.17, 15) is 9.90 Å². The summed E-state index contributed by atoms with van der Waals surface area (Å²) >= 11 is 0. The first-order valence-corrected chi connectivity index (χ1v) is 8.15. The molecular formula is C17H28O2. The van der Waals surface area contributed by atoms with E-state index in [0.29, 0.717) is 23.5 Å². The van der Waals surface area contributed by atoms with Crippen molar-refractivity contribution in [3.63, 3.8) is 0 Å². The fraction of sp³-hybridized carbons (Fsp3) is 0.941. The molecule has 0 aromatic heterocycles. The summed E-state index contributed by atoms with van der Waals surface area (Å²) in [6.45, 7) is 6.68. The Morgan fingerprint density at radius 3 is 2.58 bits per heavy atom. The van der Waals surface area contributed by atoms with Gasteiger partial charge in [-0.15, -0.1) is 0 Å². The number of rotatable bonds is 1. The van der Waals surface area contributed by atoms with Crippen LogP contribution in [0.1, 0.15) is 65.7 Å². The van der Waals surface area contributed by atoms with Crippen LogP contribution in [0.4, 0.5) is 0 Å². The lowest BCUT2D eigenvalue weighted by molar-refractivity contribution is -0.146. The van der Waals surface area contributed by atoms with Gasteiger partial charge in [0.05, 0.1) is 6.10 Å². The van der Waals surface area contributed by atoms with Crippen molar-refractivity contribution in [2.45, 2.75) is 71.8 Å². The van der Waals surface area contributed by atoms with Gasteiger partial charge < -0.3 is 5.11 Å². The predicted molar refractivity (Wildman–Crippen MR) is 75.7 cm³/mol. The van der Waals surface area contributed by atoms with Crippen LogP contribution >= 0.6 is 0 Å². The van der Waals surface area contributed by atoms with Crippen LogP contribution in [0, 0.1) is 28.6 Å². The summed E-state index contributed by atoms with van der Waals surface area (Å²) in [6.07, 6.45) is 7.13. The number of carbonyl (C=O) groups is 1. The molecule has 0 aromatic rings.